The molecular weight excluding hydrogens is 340 g/mol. The lowest BCUT2D eigenvalue weighted by Gasteiger charge is -2.40. The number of rotatable bonds is 14. The summed E-state index contributed by atoms with van der Waals surface area (Å²) >= 11 is 4.77. The van der Waals surface area contributed by atoms with E-state index in [1.54, 1.807) is 0 Å². The van der Waals surface area contributed by atoms with Crippen LogP contribution in [0.25, 0.3) is 0 Å². The van der Waals surface area contributed by atoms with Gasteiger partial charge in [-0.3, -0.25) is 0 Å². The molecule has 0 aliphatic heterocycles. The van der Waals surface area contributed by atoms with Crippen molar-refractivity contribution in [1.82, 2.24) is 0 Å². The van der Waals surface area contributed by atoms with Gasteiger partial charge in [-0.2, -0.15) is 12.6 Å². The van der Waals surface area contributed by atoms with Crippen LogP contribution in [-0.2, 0) is 26.6 Å². The van der Waals surface area contributed by atoms with E-state index in [0.29, 0.717) is 39.6 Å². The van der Waals surface area contributed by atoms with E-state index in [1.807, 2.05) is 41.5 Å². The van der Waals surface area contributed by atoms with Crippen LogP contribution in [0.5, 0.6) is 0 Å². The topological polar surface area (TPSA) is 55.4 Å². The highest BCUT2D eigenvalue weighted by Crippen LogP contribution is 2.30. The van der Waals surface area contributed by atoms with Crippen molar-refractivity contribution in [2.45, 2.75) is 46.0 Å². The molecule has 0 fully saturated rings. The SMILES string of the molecule is CCO[Si](OCC)(OCC)C(S)[Si](OCC)(OCC)OCC. The largest absolute Gasteiger partial charge is 0.519 e. The molecule has 0 spiro atoms. The zero-order valence-electron chi connectivity index (χ0n) is 14.7. The van der Waals surface area contributed by atoms with Crippen LogP contribution in [0, 0.1) is 0 Å². The Morgan fingerprint density at radius 1 is 0.545 bits per heavy atom. The number of hydrogen-bond acceptors (Lipinski definition) is 7. The lowest BCUT2D eigenvalue weighted by molar-refractivity contribution is 0.0448. The maximum atomic E-state index is 5.93. The zero-order chi connectivity index (χ0) is 17.1. The molecule has 22 heavy (non-hydrogen) atoms. The van der Waals surface area contributed by atoms with E-state index in [0.717, 1.165) is 0 Å². The molecule has 0 radical (unpaired) electrons. The fourth-order valence-corrected chi connectivity index (χ4v) is 10.6. The first-order valence-electron chi connectivity index (χ1n) is 8.03. The van der Waals surface area contributed by atoms with Crippen LogP contribution in [-0.4, -0.2) is 61.7 Å². The van der Waals surface area contributed by atoms with E-state index in [1.165, 1.54) is 0 Å². The first kappa shape index (κ1) is 22.5. The predicted octanol–water partition coefficient (Wildman–Crippen LogP) is 2.46. The molecule has 0 N–H and O–H groups in total. The molecule has 0 rings (SSSR count). The van der Waals surface area contributed by atoms with Gasteiger partial charge in [-0.15, -0.1) is 0 Å². The van der Waals surface area contributed by atoms with Gasteiger partial charge in [-0.25, -0.2) is 0 Å². The molecule has 6 nitrogen and oxygen atoms in total. The van der Waals surface area contributed by atoms with Crippen molar-refractivity contribution in [3.63, 3.8) is 0 Å². The summed E-state index contributed by atoms with van der Waals surface area (Å²) in [6, 6.07) is 0. The molecule has 0 saturated heterocycles. The Morgan fingerprint density at radius 2 is 0.727 bits per heavy atom. The lowest BCUT2D eigenvalue weighted by Crippen LogP contribution is -2.69. The van der Waals surface area contributed by atoms with Crippen molar-refractivity contribution >= 4 is 30.2 Å². The van der Waals surface area contributed by atoms with Crippen LogP contribution < -0.4 is 0 Å². The van der Waals surface area contributed by atoms with Crippen molar-refractivity contribution < 1.29 is 26.6 Å². The van der Waals surface area contributed by atoms with Crippen LogP contribution in [0.15, 0.2) is 0 Å². The first-order valence-corrected chi connectivity index (χ1v) is 12.2. The van der Waals surface area contributed by atoms with Gasteiger partial charge in [0.05, 0.1) is 0 Å². The summed E-state index contributed by atoms with van der Waals surface area (Å²) < 4.78 is 35.1. The summed E-state index contributed by atoms with van der Waals surface area (Å²) in [6.45, 7) is 14.3. The molecule has 0 amide bonds. The van der Waals surface area contributed by atoms with Gasteiger partial charge in [0, 0.05) is 39.6 Å². The van der Waals surface area contributed by atoms with Crippen molar-refractivity contribution in [3.8, 4) is 0 Å². The van der Waals surface area contributed by atoms with Crippen molar-refractivity contribution in [1.29, 1.82) is 0 Å². The smallest absolute Gasteiger partial charge is 0.373 e. The molecule has 0 unspecified atom stereocenters. The summed E-state index contributed by atoms with van der Waals surface area (Å²) in [5.74, 6) is 0. The molecule has 0 aliphatic rings. The van der Waals surface area contributed by atoms with Gasteiger partial charge in [-0.1, -0.05) is 0 Å². The Morgan fingerprint density at radius 3 is 0.864 bits per heavy atom. The zero-order valence-corrected chi connectivity index (χ0v) is 17.6. The molecule has 0 aliphatic carbocycles. The fraction of sp³-hybridized carbons (Fsp3) is 1.00. The van der Waals surface area contributed by atoms with Gasteiger partial charge in [0.2, 0.25) is 0 Å². The summed E-state index contributed by atoms with van der Waals surface area (Å²) in [6.07, 6.45) is 0. The van der Waals surface area contributed by atoms with Crippen LogP contribution in [0.2, 0.25) is 0 Å². The summed E-state index contributed by atoms with van der Waals surface area (Å²) in [5, 5.41) is 0. The number of thiol groups is 1. The van der Waals surface area contributed by atoms with Gasteiger partial charge < -0.3 is 26.6 Å². The molecular formula is C13H32O6SSi2. The second-order valence-electron chi connectivity index (χ2n) is 4.21. The Bertz CT molecular complexity index is 225. The summed E-state index contributed by atoms with van der Waals surface area (Å²) in [5.41, 5.74) is 0. The van der Waals surface area contributed by atoms with Crippen LogP contribution in [0.3, 0.4) is 0 Å². The van der Waals surface area contributed by atoms with Gasteiger partial charge in [0.1, 0.15) is 4.50 Å². The Kier molecular flexibility index (Phi) is 12.3. The van der Waals surface area contributed by atoms with Gasteiger partial charge in [0.25, 0.3) is 0 Å². The normalized spacial score (nSPS) is 13.1. The van der Waals surface area contributed by atoms with Gasteiger partial charge in [-0.05, 0) is 41.5 Å². The Labute approximate surface area is 142 Å². The highest BCUT2D eigenvalue weighted by atomic mass is 32.1. The second-order valence-corrected chi connectivity index (χ2v) is 11.6. The minimum atomic E-state index is -3.10. The molecule has 9 heteroatoms. The Hall–Kier alpha value is 0.544. The molecule has 0 heterocycles. The third kappa shape index (κ3) is 5.88. The monoisotopic (exact) mass is 372 g/mol. The maximum Gasteiger partial charge on any atom is 0.519 e. The highest BCUT2D eigenvalue weighted by molar-refractivity contribution is 7.85. The highest BCUT2D eigenvalue weighted by Gasteiger charge is 2.64. The van der Waals surface area contributed by atoms with E-state index < -0.39 is 22.1 Å². The van der Waals surface area contributed by atoms with Crippen LogP contribution in [0.4, 0.5) is 0 Å². The average molecular weight is 373 g/mol. The molecule has 0 aromatic rings. The van der Waals surface area contributed by atoms with E-state index in [2.05, 4.69) is 0 Å². The summed E-state index contributed by atoms with van der Waals surface area (Å²) in [7, 11) is -6.19. The fourth-order valence-electron chi connectivity index (χ4n) is 2.15. The third-order valence-corrected chi connectivity index (χ3v) is 12.2. The van der Waals surface area contributed by atoms with Crippen molar-refractivity contribution in [2.24, 2.45) is 0 Å². The second kappa shape index (κ2) is 12.0. The van der Waals surface area contributed by atoms with E-state index in [-0.39, 0.29) is 0 Å². The molecule has 134 valence electrons. The van der Waals surface area contributed by atoms with E-state index >= 15 is 0 Å². The van der Waals surface area contributed by atoms with Crippen LogP contribution in [0.1, 0.15) is 41.5 Å². The maximum absolute atomic E-state index is 5.93. The standard InChI is InChI=1S/C13H32O6SSi2/c1-7-14-21(15-8-2,16-9-3)13(20)22(17-10-4,18-11-5)19-12-6/h13,20H,7-12H2,1-6H3. The Balaban J connectivity index is 5.67. The van der Waals surface area contributed by atoms with E-state index in [9.17, 15) is 0 Å². The van der Waals surface area contributed by atoms with Crippen molar-refractivity contribution in [3.05, 3.63) is 0 Å². The van der Waals surface area contributed by atoms with Crippen molar-refractivity contribution in [2.75, 3.05) is 39.6 Å². The molecule has 0 aromatic carbocycles. The molecule has 0 bridgehead atoms. The molecule has 0 saturated carbocycles. The quantitative estimate of drug-likeness (QED) is 0.373. The van der Waals surface area contributed by atoms with Gasteiger partial charge in [0.15, 0.2) is 0 Å². The van der Waals surface area contributed by atoms with Gasteiger partial charge >= 0.3 is 17.6 Å². The minimum absolute atomic E-state index is 0.470. The minimum Gasteiger partial charge on any atom is -0.373 e. The van der Waals surface area contributed by atoms with Crippen LogP contribution >= 0.6 is 12.6 Å². The third-order valence-electron chi connectivity index (χ3n) is 2.74. The lowest BCUT2D eigenvalue weighted by atomic mass is 10.9. The summed E-state index contributed by atoms with van der Waals surface area (Å²) in [4.78, 5) is 0. The molecule has 0 aromatic heterocycles. The predicted molar refractivity (Wildman–Crippen MR) is 94.0 cm³/mol. The first-order chi connectivity index (χ1) is 10.5. The van der Waals surface area contributed by atoms with E-state index in [4.69, 9.17) is 39.2 Å². The number of hydrogen-bond donors (Lipinski definition) is 1. The molecule has 0 atom stereocenters. The average Bonchev–Trinajstić information content (AvgIpc) is 2.48.